The van der Waals surface area contributed by atoms with Gasteiger partial charge in [0.2, 0.25) is 0 Å². The molecule has 0 saturated carbocycles. The number of carbonyl (C=O) groups excluding carboxylic acids is 2. The average molecular weight is 716 g/mol. The third kappa shape index (κ3) is 8.28. The quantitative estimate of drug-likeness (QED) is 0.0736. The molecular formula is C32H32Cl2N6O9. The molecule has 5 atom stereocenters. The van der Waals surface area contributed by atoms with Gasteiger partial charge in [-0.05, 0) is 49.4 Å². The first kappa shape index (κ1) is 35.5. The molecule has 0 radical (unpaired) electrons. The molecule has 4 aromatic rings. The van der Waals surface area contributed by atoms with Crippen LogP contribution >= 0.6 is 23.2 Å². The number of nitrogens with zero attached hydrogens (tertiary/aromatic N) is 2. The maximum Gasteiger partial charge on any atom is 0.337 e. The number of hydrogen-bond acceptors (Lipinski definition) is 13. The van der Waals surface area contributed by atoms with Crippen LogP contribution in [0.1, 0.15) is 21.9 Å². The molecule has 1 amide bonds. The summed E-state index contributed by atoms with van der Waals surface area (Å²) in [6, 6.07) is 14.8. The van der Waals surface area contributed by atoms with Crippen LogP contribution in [-0.2, 0) is 20.9 Å². The zero-order valence-electron chi connectivity index (χ0n) is 25.8. The molecule has 2 aromatic heterocycles. The first-order chi connectivity index (χ1) is 23.5. The number of carboxylic acid groups (broad SMARTS) is 1. The van der Waals surface area contributed by atoms with E-state index in [9.17, 15) is 34.8 Å². The summed E-state index contributed by atoms with van der Waals surface area (Å²) in [5, 5.41) is 52.8. The van der Waals surface area contributed by atoms with Crippen molar-refractivity contribution >= 4 is 64.4 Å². The smallest absolute Gasteiger partial charge is 0.337 e. The number of amides is 1. The molecule has 1 aliphatic heterocycles. The molecule has 0 aliphatic carbocycles. The van der Waals surface area contributed by atoms with Crippen molar-refractivity contribution in [3.05, 3.63) is 81.8 Å². The van der Waals surface area contributed by atoms with E-state index < -0.39 is 42.4 Å². The van der Waals surface area contributed by atoms with Crippen LogP contribution in [0.25, 0.3) is 11.3 Å². The fourth-order valence-corrected chi connectivity index (χ4v) is 5.43. The minimum Gasteiger partial charge on any atom is -0.478 e. The van der Waals surface area contributed by atoms with Crippen molar-refractivity contribution < 1.29 is 44.0 Å². The average Bonchev–Trinajstić information content (AvgIpc) is 3.55. The number of halogens is 2. The van der Waals surface area contributed by atoms with Crippen LogP contribution < -0.4 is 21.3 Å². The highest BCUT2D eigenvalue weighted by molar-refractivity contribution is 6.35. The van der Waals surface area contributed by atoms with E-state index in [2.05, 4.69) is 31.2 Å². The summed E-state index contributed by atoms with van der Waals surface area (Å²) in [7, 11) is 0. The van der Waals surface area contributed by atoms with Gasteiger partial charge in [-0.25, -0.2) is 14.8 Å². The van der Waals surface area contributed by atoms with Crippen molar-refractivity contribution in [1.82, 2.24) is 15.3 Å². The standard InChI is InChI=1S/C32H32Cl2N6O9/c1-15-38-29(35-10-11-36-31(45)28-27(44)26(43)25(42)23(14-41)49-28)24(30(39-15)40-21-5-3-2-4-18(21)32(46)47)37-13-17-7-9-22(48-17)19-12-16(33)6-8-20(19)34/h2-9,12,14,23,25-28,37,42-44H,10-11,13H2,1H3,(H,36,45)(H,46,47)(H2,35,38,39,40). The van der Waals surface area contributed by atoms with E-state index in [1.165, 1.54) is 6.07 Å². The number of furan rings is 1. The van der Waals surface area contributed by atoms with Crippen LogP contribution in [0.3, 0.4) is 0 Å². The Morgan fingerprint density at radius 1 is 0.939 bits per heavy atom. The number of aliphatic hydroxyl groups excluding tert-OH is 3. The highest BCUT2D eigenvalue weighted by Gasteiger charge is 2.46. The van der Waals surface area contributed by atoms with Crippen LogP contribution in [0.2, 0.25) is 10.0 Å². The lowest BCUT2D eigenvalue weighted by atomic mass is 9.95. The number of aliphatic hydroxyl groups is 3. The van der Waals surface area contributed by atoms with Crippen LogP contribution in [0.5, 0.6) is 0 Å². The number of hydrogen-bond donors (Lipinski definition) is 8. The molecule has 49 heavy (non-hydrogen) atoms. The summed E-state index contributed by atoms with van der Waals surface area (Å²) in [6.45, 7) is 1.84. The highest BCUT2D eigenvalue weighted by Crippen LogP contribution is 2.34. The molecule has 2 aromatic carbocycles. The first-order valence-corrected chi connectivity index (χ1v) is 15.6. The number of nitrogens with one attached hydrogen (secondary N) is 4. The van der Waals surface area contributed by atoms with Gasteiger partial charge < -0.3 is 55.6 Å². The normalized spacial score (nSPS) is 20.3. The largest absolute Gasteiger partial charge is 0.478 e. The second-order valence-electron chi connectivity index (χ2n) is 10.9. The van der Waals surface area contributed by atoms with Crippen molar-refractivity contribution in [2.24, 2.45) is 0 Å². The van der Waals surface area contributed by atoms with Gasteiger partial charge in [0, 0.05) is 23.7 Å². The molecule has 258 valence electrons. The molecule has 1 saturated heterocycles. The topological polar surface area (TPSA) is 228 Å². The summed E-state index contributed by atoms with van der Waals surface area (Å²) in [5.41, 5.74) is 1.23. The van der Waals surface area contributed by atoms with E-state index in [1.807, 2.05) is 0 Å². The summed E-state index contributed by atoms with van der Waals surface area (Å²) in [5.74, 6) is -0.109. The number of para-hydroxylation sites is 1. The second-order valence-corrected chi connectivity index (χ2v) is 11.8. The van der Waals surface area contributed by atoms with Crippen LogP contribution in [-0.4, -0.2) is 92.2 Å². The second kappa shape index (κ2) is 15.6. The molecule has 0 spiro atoms. The fourth-order valence-electron chi connectivity index (χ4n) is 5.05. The van der Waals surface area contributed by atoms with Gasteiger partial charge in [-0.2, -0.15) is 0 Å². The van der Waals surface area contributed by atoms with E-state index in [4.69, 9.17) is 32.4 Å². The van der Waals surface area contributed by atoms with Crippen molar-refractivity contribution in [3.8, 4) is 11.3 Å². The molecule has 8 N–H and O–H groups in total. The molecule has 15 nitrogen and oxygen atoms in total. The van der Waals surface area contributed by atoms with E-state index in [0.29, 0.717) is 38.6 Å². The predicted octanol–water partition coefficient (Wildman–Crippen LogP) is 2.98. The number of ether oxygens (including phenoxy) is 1. The van der Waals surface area contributed by atoms with Gasteiger partial charge in [0.05, 0.1) is 22.8 Å². The van der Waals surface area contributed by atoms with E-state index in [1.54, 1.807) is 55.5 Å². The number of carbonyl (C=O) groups is 3. The first-order valence-electron chi connectivity index (χ1n) is 14.9. The fraction of sp³-hybridized carbons (Fsp3) is 0.281. The lowest BCUT2D eigenvalue weighted by molar-refractivity contribution is -0.214. The Labute approximate surface area is 289 Å². The number of aldehydes is 1. The van der Waals surface area contributed by atoms with E-state index in [0.717, 1.165) is 0 Å². The zero-order valence-corrected chi connectivity index (χ0v) is 27.3. The number of aromatic carboxylic acids is 1. The zero-order chi connectivity index (χ0) is 35.2. The molecule has 5 unspecified atom stereocenters. The van der Waals surface area contributed by atoms with Crippen LogP contribution in [0, 0.1) is 6.92 Å². The lowest BCUT2D eigenvalue weighted by Crippen LogP contribution is -2.62. The molecule has 0 bridgehead atoms. The maximum absolute atomic E-state index is 12.7. The molecule has 17 heteroatoms. The molecule has 1 aliphatic rings. The van der Waals surface area contributed by atoms with Crippen molar-refractivity contribution in [3.63, 3.8) is 0 Å². The van der Waals surface area contributed by atoms with Gasteiger partial charge in [0.25, 0.3) is 5.91 Å². The molecule has 3 heterocycles. The Morgan fingerprint density at radius 2 is 1.69 bits per heavy atom. The Hall–Kier alpha value is -4.77. The van der Waals surface area contributed by atoms with Crippen LogP contribution in [0.4, 0.5) is 23.0 Å². The minimum absolute atomic E-state index is 0.0117. The number of aryl methyl sites for hydroxylation is 1. The van der Waals surface area contributed by atoms with Crippen molar-refractivity contribution in [1.29, 1.82) is 0 Å². The monoisotopic (exact) mass is 714 g/mol. The number of aromatic nitrogens is 2. The third-order valence-corrected chi connectivity index (χ3v) is 8.05. The van der Waals surface area contributed by atoms with Gasteiger partial charge >= 0.3 is 5.97 Å². The molecule has 1 fully saturated rings. The molecule has 5 rings (SSSR count). The van der Waals surface area contributed by atoms with E-state index >= 15 is 0 Å². The summed E-state index contributed by atoms with van der Waals surface area (Å²) in [4.78, 5) is 44.9. The van der Waals surface area contributed by atoms with Gasteiger partial charge in [0.15, 0.2) is 24.0 Å². The van der Waals surface area contributed by atoms with Crippen molar-refractivity contribution in [2.45, 2.75) is 44.0 Å². The lowest BCUT2D eigenvalue weighted by Gasteiger charge is -2.37. The number of carboxylic acids is 1. The van der Waals surface area contributed by atoms with Gasteiger partial charge in [-0.1, -0.05) is 35.3 Å². The van der Waals surface area contributed by atoms with Gasteiger partial charge in [-0.3, -0.25) is 4.79 Å². The Bertz CT molecular complexity index is 1840. The predicted molar refractivity (Wildman–Crippen MR) is 179 cm³/mol. The summed E-state index contributed by atoms with van der Waals surface area (Å²) >= 11 is 12.5. The van der Waals surface area contributed by atoms with E-state index in [-0.39, 0.29) is 48.8 Å². The molecular weight excluding hydrogens is 683 g/mol. The van der Waals surface area contributed by atoms with Crippen molar-refractivity contribution in [2.75, 3.05) is 29.0 Å². The third-order valence-electron chi connectivity index (χ3n) is 7.49. The minimum atomic E-state index is -1.76. The Balaban J connectivity index is 1.35. The van der Waals surface area contributed by atoms with Crippen LogP contribution in [0.15, 0.2) is 59.0 Å². The number of anilines is 4. The maximum atomic E-state index is 12.7. The van der Waals surface area contributed by atoms with Gasteiger partial charge in [-0.15, -0.1) is 0 Å². The summed E-state index contributed by atoms with van der Waals surface area (Å²) in [6.07, 6.45) is -8.06. The summed E-state index contributed by atoms with van der Waals surface area (Å²) < 4.78 is 11.2. The SMILES string of the molecule is Cc1nc(NCCNC(=O)C2OC(C=O)C(O)C(O)C2O)c(NCc2ccc(-c3cc(Cl)ccc3Cl)o2)c(Nc2ccccc2C(=O)O)n1. The number of benzene rings is 2. The number of rotatable bonds is 13. The Kier molecular flexibility index (Phi) is 11.3. The highest BCUT2D eigenvalue weighted by atomic mass is 35.5. The van der Waals surface area contributed by atoms with Gasteiger partial charge in [0.1, 0.15) is 47.4 Å². The Morgan fingerprint density at radius 3 is 2.45 bits per heavy atom.